The first-order valence-corrected chi connectivity index (χ1v) is 6.77. The Balaban J connectivity index is 2.87. The molecule has 2 N–H and O–H groups in total. The van der Waals surface area contributed by atoms with E-state index in [1.54, 1.807) is 34.9 Å². The lowest BCUT2D eigenvalue weighted by Crippen LogP contribution is -2.34. The first kappa shape index (κ1) is 16.5. The fourth-order valence-corrected chi connectivity index (χ4v) is 2.21. The minimum Gasteiger partial charge on any atom is -0.444 e. The number of rotatable bonds is 3. The molecule has 0 unspecified atom stereocenters. The highest BCUT2D eigenvalue weighted by molar-refractivity contribution is 9.10. The third-order valence-corrected chi connectivity index (χ3v) is 3.21. The fraction of sp³-hybridized carbons (Fsp3) is 0.583. The van der Waals surface area contributed by atoms with Crippen LogP contribution in [0.25, 0.3) is 0 Å². The predicted octanol–water partition coefficient (Wildman–Crippen LogP) is 1.65. The molecule has 0 aromatic carbocycles. The molecule has 0 atom stereocenters. The van der Waals surface area contributed by atoms with Crippen LogP contribution in [0.2, 0.25) is 0 Å². The van der Waals surface area contributed by atoms with Crippen LogP contribution in [-0.2, 0) is 18.3 Å². The molecule has 1 rings (SSSR count). The van der Waals surface area contributed by atoms with Gasteiger partial charge in [-0.1, -0.05) is 0 Å². The summed E-state index contributed by atoms with van der Waals surface area (Å²) < 4.78 is 7.11. The van der Waals surface area contributed by atoms with Gasteiger partial charge in [-0.15, -0.1) is 0 Å². The Morgan fingerprint density at radius 3 is 2.40 bits per heavy atom. The van der Waals surface area contributed by atoms with Gasteiger partial charge in [-0.2, -0.15) is 5.10 Å². The number of primary amides is 1. The Morgan fingerprint density at radius 1 is 1.45 bits per heavy atom. The highest BCUT2D eigenvalue weighted by Crippen LogP contribution is 2.22. The van der Waals surface area contributed by atoms with Crippen molar-refractivity contribution >= 4 is 27.9 Å². The number of hydrogen-bond acceptors (Lipinski definition) is 4. The van der Waals surface area contributed by atoms with Crippen LogP contribution in [0.5, 0.6) is 0 Å². The number of amides is 2. The van der Waals surface area contributed by atoms with Crippen molar-refractivity contribution in [3.8, 4) is 0 Å². The van der Waals surface area contributed by atoms with Gasteiger partial charge >= 0.3 is 6.09 Å². The van der Waals surface area contributed by atoms with Crippen LogP contribution in [0.3, 0.4) is 0 Å². The van der Waals surface area contributed by atoms with Gasteiger partial charge in [-0.05, 0) is 36.7 Å². The van der Waals surface area contributed by atoms with Crippen LogP contribution in [0, 0.1) is 0 Å². The van der Waals surface area contributed by atoms with Crippen LogP contribution in [-0.4, -0.2) is 39.3 Å². The molecule has 1 aromatic heterocycles. The van der Waals surface area contributed by atoms with Crippen LogP contribution in [0.4, 0.5) is 4.79 Å². The van der Waals surface area contributed by atoms with E-state index in [-0.39, 0.29) is 12.2 Å². The molecule has 0 aliphatic rings. The van der Waals surface area contributed by atoms with E-state index in [2.05, 4.69) is 21.0 Å². The number of nitrogens with zero attached hydrogens (tertiary/aromatic N) is 3. The first-order chi connectivity index (χ1) is 9.03. The molecule has 0 saturated carbocycles. The minimum atomic E-state index is -0.585. The van der Waals surface area contributed by atoms with Crippen LogP contribution in [0.15, 0.2) is 4.47 Å². The van der Waals surface area contributed by atoms with Gasteiger partial charge in [-0.3, -0.25) is 9.48 Å². The molecule has 0 spiro atoms. The highest BCUT2D eigenvalue weighted by atomic mass is 79.9. The van der Waals surface area contributed by atoms with Gasteiger partial charge in [0.1, 0.15) is 11.3 Å². The number of nitrogens with two attached hydrogens (primary N) is 1. The average molecular weight is 347 g/mol. The van der Waals surface area contributed by atoms with E-state index in [4.69, 9.17) is 10.5 Å². The maximum Gasteiger partial charge on any atom is 0.410 e. The Hall–Kier alpha value is -1.57. The Morgan fingerprint density at radius 2 is 2.00 bits per heavy atom. The first-order valence-electron chi connectivity index (χ1n) is 5.98. The summed E-state index contributed by atoms with van der Waals surface area (Å²) in [7, 11) is 3.21. The topological polar surface area (TPSA) is 90.5 Å². The summed E-state index contributed by atoms with van der Waals surface area (Å²) in [6.07, 6.45) is -0.462. The van der Waals surface area contributed by atoms with E-state index in [1.807, 2.05) is 0 Å². The van der Waals surface area contributed by atoms with Crippen molar-refractivity contribution in [3.05, 3.63) is 15.9 Å². The molecule has 0 bridgehead atoms. The largest absolute Gasteiger partial charge is 0.444 e. The van der Waals surface area contributed by atoms with Crippen molar-refractivity contribution in [2.45, 2.75) is 32.9 Å². The molecule has 0 radical (unpaired) electrons. The maximum absolute atomic E-state index is 11.9. The number of hydrogen-bond donors (Lipinski definition) is 1. The maximum atomic E-state index is 11.9. The number of ether oxygens (including phenoxy) is 1. The van der Waals surface area contributed by atoms with Gasteiger partial charge in [0, 0.05) is 14.1 Å². The molecule has 0 fully saturated rings. The van der Waals surface area contributed by atoms with Crippen molar-refractivity contribution in [2.24, 2.45) is 12.8 Å². The van der Waals surface area contributed by atoms with Crippen molar-refractivity contribution in [3.63, 3.8) is 0 Å². The Kier molecular flexibility index (Phi) is 4.80. The van der Waals surface area contributed by atoms with E-state index >= 15 is 0 Å². The molecular formula is C12H19BrN4O3. The van der Waals surface area contributed by atoms with Gasteiger partial charge in [-0.25, -0.2) is 4.79 Å². The number of halogens is 1. The molecule has 2 amide bonds. The fourth-order valence-electron chi connectivity index (χ4n) is 1.55. The van der Waals surface area contributed by atoms with Gasteiger partial charge in [0.15, 0.2) is 0 Å². The number of carbonyl (C=O) groups excluding carboxylic acids is 2. The van der Waals surface area contributed by atoms with Crippen molar-refractivity contribution in [1.29, 1.82) is 0 Å². The summed E-state index contributed by atoms with van der Waals surface area (Å²) >= 11 is 3.28. The van der Waals surface area contributed by atoms with Crippen LogP contribution >= 0.6 is 15.9 Å². The second-order valence-corrected chi connectivity index (χ2v) is 6.23. The van der Waals surface area contributed by atoms with Gasteiger partial charge in [0.05, 0.1) is 16.7 Å². The molecule has 20 heavy (non-hydrogen) atoms. The van der Waals surface area contributed by atoms with Crippen LogP contribution in [0.1, 0.15) is 37.0 Å². The number of aryl methyl sites for hydroxylation is 1. The van der Waals surface area contributed by atoms with E-state index in [9.17, 15) is 9.59 Å². The third-order valence-electron chi connectivity index (χ3n) is 2.38. The zero-order chi connectivity index (χ0) is 15.7. The molecule has 112 valence electrons. The van der Waals surface area contributed by atoms with Gasteiger partial charge in [0.2, 0.25) is 0 Å². The summed E-state index contributed by atoms with van der Waals surface area (Å²) in [6, 6.07) is 0. The smallest absolute Gasteiger partial charge is 0.410 e. The Bertz CT molecular complexity index is 534. The zero-order valence-electron chi connectivity index (χ0n) is 12.2. The Labute approximate surface area is 126 Å². The van der Waals surface area contributed by atoms with Crippen molar-refractivity contribution < 1.29 is 14.3 Å². The van der Waals surface area contributed by atoms with Gasteiger partial charge < -0.3 is 15.4 Å². The standard InChI is InChI=1S/C12H19BrN4O3/c1-12(2,3)20-11(19)16(4)6-7-8(13)9(10(14)18)17(5)15-7/h6H2,1-5H3,(H2,14,18). The second-order valence-electron chi connectivity index (χ2n) is 5.43. The normalized spacial score (nSPS) is 11.3. The summed E-state index contributed by atoms with van der Waals surface area (Å²) in [4.78, 5) is 24.5. The summed E-state index contributed by atoms with van der Waals surface area (Å²) in [6.45, 7) is 5.58. The van der Waals surface area contributed by atoms with Crippen LogP contribution < -0.4 is 5.73 Å². The zero-order valence-corrected chi connectivity index (χ0v) is 13.8. The molecule has 0 aliphatic carbocycles. The number of carbonyl (C=O) groups is 2. The lowest BCUT2D eigenvalue weighted by molar-refractivity contribution is 0.0282. The van der Waals surface area contributed by atoms with E-state index in [1.165, 1.54) is 9.58 Å². The molecule has 1 aromatic rings. The van der Waals surface area contributed by atoms with Crippen molar-refractivity contribution in [2.75, 3.05) is 7.05 Å². The summed E-state index contributed by atoms with van der Waals surface area (Å²) in [5.74, 6) is -0.585. The summed E-state index contributed by atoms with van der Waals surface area (Å²) in [5.41, 5.74) is 5.50. The highest BCUT2D eigenvalue weighted by Gasteiger charge is 2.23. The summed E-state index contributed by atoms with van der Waals surface area (Å²) in [5, 5.41) is 4.17. The predicted molar refractivity (Wildman–Crippen MR) is 77.1 cm³/mol. The van der Waals surface area contributed by atoms with E-state index in [0.717, 1.165) is 0 Å². The molecule has 7 nitrogen and oxygen atoms in total. The lowest BCUT2D eigenvalue weighted by Gasteiger charge is -2.24. The molecule has 1 heterocycles. The average Bonchev–Trinajstić information content (AvgIpc) is 2.51. The molecule has 8 heteroatoms. The molecule has 0 saturated heterocycles. The van der Waals surface area contributed by atoms with E-state index in [0.29, 0.717) is 10.2 Å². The number of aromatic nitrogens is 2. The molecular weight excluding hydrogens is 328 g/mol. The molecule has 0 aliphatic heterocycles. The lowest BCUT2D eigenvalue weighted by atomic mass is 10.2. The third kappa shape index (κ3) is 3.96. The monoisotopic (exact) mass is 346 g/mol. The quantitative estimate of drug-likeness (QED) is 0.900. The van der Waals surface area contributed by atoms with Gasteiger partial charge in [0.25, 0.3) is 5.91 Å². The van der Waals surface area contributed by atoms with Crippen molar-refractivity contribution in [1.82, 2.24) is 14.7 Å². The SMILES string of the molecule is CN(Cc1nn(C)c(C(N)=O)c1Br)C(=O)OC(C)(C)C. The second kappa shape index (κ2) is 5.82. The minimum absolute atomic E-state index is 0.205. The van der Waals surface area contributed by atoms with E-state index < -0.39 is 17.6 Å².